The summed E-state index contributed by atoms with van der Waals surface area (Å²) in [4.78, 5) is 25.4. The molecule has 2 heterocycles. The molecule has 42 heavy (non-hydrogen) atoms. The van der Waals surface area contributed by atoms with E-state index in [0.29, 0.717) is 28.8 Å². The third kappa shape index (κ3) is 7.85. The molecule has 0 unspecified atom stereocenters. The first-order valence-corrected chi connectivity index (χ1v) is 13.7. The van der Waals surface area contributed by atoms with Gasteiger partial charge in [-0.15, -0.1) is 0 Å². The van der Waals surface area contributed by atoms with Crippen LogP contribution in [0.5, 0.6) is 5.75 Å². The molecular weight excluding hydrogens is 530 g/mol. The van der Waals surface area contributed by atoms with Crippen molar-refractivity contribution in [2.75, 3.05) is 55.1 Å². The highest BCUT2D eigenvalue weighted by Crippen LogP contribution is 2.39. The van der Waals surface area contributed by atoms with Gasteiger partial charge in [0.1, 0.15) is 23.7 Å². The molecule has 0 aliphatic carbocycles. The van der Waals surface area contributed by atoms with E-state index in [4.69, 9.17) is 4.74 Å². The van der Waals surface area contributed by atoms with Crippen LogP contribution in [-0.4, -0.2) is 70.9 Å². The lowest BCUT2D eigenvalue weighted by Gasteiger charge is -2.26. The van der Waals surface area contributed by atoms with E-state index < -0.39 is 0 Å². The minimum absolute atomic E-state index is 0.0789. The first kappa shape index (κ1) is 30.1. The maximum Gasteiger partial charge on any atom is 0.247 e. The molecule has 4 rings (SSSR count). The number of rotatable bonds is 13. The van der Waals surface area contributed by atoms with E-state index in [1.807, 2.05) is 96.8 Å². The topological polar surface area (TPSA) is 112 Å². The third-order valence-electron chi connectivity index (χ3n) is 6.31. The molecule has 0 fully saturated rings. The molecule has 0 saturated carbocycles. The molecule has 220 valence electrons. The zero-order chi connectivity index (χ0) is 30.2. The van der Waals surface area contributed by atoms with Gasteiger partial charge in [0.25, 0.3) is 0 Å². The molecule has 3 N–H and O–H groups in total. The van der Waals surface area contributed by atoms with Crippen molar-refractivity contribution >= 4 is 40.3 Å². The monoisotopic (exact) mass is 569 g/mol. The molecule has 11 nitrogen and oxygen atoms in total. The summed E-state index contributed by atoms with van der Waals surface area (Å²) in [5.41, 5.74) is 4.76. The van der Waals surface area contributed by atoms with Crippen LogP contribution in [0.15, 0.2) is 73.7 Å². The van der Waals surface area contributed by atoms with Gasteiger partial charge < -0.3 is 30.5 Å². The van der Waals surface area contributed by atoms with Crippen molar-refractivity contribution in [3.8, 4) is 17.0 Å². The lowest BCUT2D eigenvalue weighted by Crippen LogP contribution is -2.29. The molecule has 0 spiro atoms. The summed E-state index contributed by atoms with van der Waals surface area (Å²) in [7, 11) is 7.93. The second-order valence-electron chi connectivity index (χ2n) is 10.4. The zero-order valence-electron chi connectivity index (χ0n) is 25.0. The van der Waals surface area contributed by atoms with Crippen molar-refractivity contribution in [3.63, 3.8) is 0 Å². The number of aromatic nitrogens is 4. The molecule has 0 aliphatic rings. The van der Waals surface area contributed by atoms with Crippen molar-refractivity contribution in [1.82, 2.24) is 24.6 Å². The molecule has 0 saturated heterocycles. The number of likely N-dealkylation sites (N-methyl/N-ethyl adjacent to an activating group) is 2. The fourth-order valence-electron chi connectivity index (χ4n) is 4.23. The number of amides is 1. The van der Waals surface area contributed by atoms with Crippen LogP contribution in [0.4, 0.5) is 34.4 Å². The summed E-state index contributed by atoms with van der Waals surface area (Å²) in [6.45, 7) is 9.14. The van der Waals surface area contributed by atoms with Crippen LogP contribution in [0.25, 0.3) is 11.3 Å². The lowest BCUT2D eigenvalue weighted by molar-refractivity contribution is -0.111. The van der Waals surface area contributed by atoms with Crippen LogP contribution in [-0.2, 0) is 11.8 Å². The Morgan fingerprint density at radius 2 is 1.71 bits per heavy atom. The van der Waals surface area contributed by atoms with Crippen LogP contribution >= 0.6 is 0 Å². The Balaban J connectivity index is 1.67. The predicted molar refractivity (Wildman–Crippen MR) is 170 cm³/mol. The van der Waals surface area contributed by atoms with Gasteiger partial charge in [0.15, 0.2) is 0 Å². The van der Waals surface area contributed by atoms with E-state index >= 15 is 0 Å². The second kappa shape index (κ2) is 13.6. The Morgan fingerprint density at radius 3 is 2.36 bits per heavy atom. The van der Waals surface area contributed by atoms with Gasteiger partial charge in [-0.2, -0.15) is 5.10 Å². The summed E-state index contributed by atoms with van der Waals surface area (Å²) in [5, 5.41) is 14.2. The first-order chi connectivity index (χ1) is 20.1. The van der Waals surface area contributed by atoms with Gasteiger partial charge in [-0.05, 0) is 52.2 Å². The number of nitrogens with one attached hydrogen (secondary N) is 3. The maximum atomic E-state index is 12.4. The number of ether oxygens (including phenoxy) is 1. The lowest BCUT2D eigenvalue weighted by atomic mass is 10.1. The van der Waals surface area contributed by atoms with Crippen molar-refractivity contribution in [2.45, 2.75) is 20.0 Å². The highest BCUT2D eigenvalue weighted by Gasteiger charge is 2.18. The van der Waals surface area contributed by atoms with Gasteiger partial charge in [-0.1, -0.05) is 24.8 Å². The average Bonchev–Trinajstić information content (AvgIpc) is 3.39. The number of carbonyl (C=O) groups excluding carboxylic acids is 1. The van der Waals surface area contributed by atoms with E-state index in [2.05, 4.69) is 47.4 Å². The van der Waals surface area contributed by atoms with E-state index in [-0.39, 0.29) is 12.0 Å². The summed E-state index contributed by atoms with van der Waals surface area (Å²) in [6, 6.07) is 15.5. The van der Waals surface area contributed by atoms with Gasteiger partial charge in [0.2, 0.25) is 5.91 Å². The number of hydrogen-bond acceptors (Lipinski definition) is 9. The van der Waals surface area contributed by atoms with Gasteiger partial charge >= 0.3 is 0 Å². The molecule has 0 aliphatic heterocycles. The zero-order valence-corrected chi connectivity index (χ0v) is 25.0. The highest BCUT2D eigenvalue weighted by atomic mass is 16.5. The normalized spacial score (nSPS) is 11.0. The van der Waals surface area contributed by atoms with Gasteiger partial charge in [0.05, 0.1) is 28.9 Å². The Kier molecular flexibility index (Phi) is 9.77. The molecule has 2 aromatic carbocycles. The Bertz CT molecular complexity index is 1530. The number of benzene rings is 2. The second-order valence-corrected chi connectivity index (χ2v) is 10.4. The minimum Gasteiger partial charge on any atom is -0.489 e. The van der Waals surface area contributed by atoms with Gasteiger partial charge in [-0.3, -0.25) is 9.48 Å². The van der Waals surface area contributed by atoms with E-state index in [9.17, 15) is 4.79 Å². The third-order valence-corrected chi connectivity index (χ3v) is 6.31. The molecule has 11 heteroatoms. The molecule has 0 atom stereocenters. The fourth-order valence-corrected chi connectivity index (χ4v) is 4.23. The molecule has 4 aromatic rings. The Labute approximate surface area is 247 Å². The number of hydrogen-bond donors (Lipinski definition) is 3. The fraction of sp³-hybridized carbons (Fsp3) is 0.290. The Hall–Kier alpha value is -4.90. The van der Waals surface area contributed by atoms with Crippen molar-refractivity contribution < 1.29 is 9.53 Å². The molecule has 0 radical (unpaired) electrons. The molecular formula is C31H39N9O2. The number of anilines is 6. The van der Waals surface area contributed by atoms with Crippen LogP contribution in [0, 0.1) is 0 Å². The SMILES string of the molecule is C=CC(=O)Nc1cc(Nc2cc(Nc3ccccc3-c3ccn(C)n3)ncn2)c(OC(C)C)cc1N(C)CCN(C)C. The van der Waals surface area contributed by atoms with E-state index in [0.717, 1.165) is 35.7 Å². The standard InChI is InChI=1S/C31H39N9O2/c1-8-31(41)36-25-17-26(28(42-21(2)3)18-27(25)39(6)16-15-38(4)5)35-30-19-29(32-20-33-30)34-23-12-10-9-11-22(23)24-13-14-40(7)37-24/h8-14,17-21H,1,15-16H2,2-7H3,(H,36,41)(H2,32,33,34,35). The summed E-state index contributed by atoms with van der Waals surface area (Å²) in [5.74, 6) is 1.47. The van der Waals surface area contributed by atoms with Gasteiger partial charge in [0, 0.05) is 56.8 Å². The van der Waals surface area contributed by atoms with Crippen molar-refractivity contribution in [2.24, 2.45) is 7.05 Å². The largest absolute Gasteiger partial charge is 0.489 e. The molecule has 1 amide bonds. The van der Waals surface area contributed by atoms with Crippen molar-refractivity contribution in [1.29, 1.82) is 0 Å². The number of carbonyl (C=O) groups is 1. The highest BCUT2D eigenvalue weighted by molar-refractivity contribution is 6.02. The Morgan fingerprint density at radius 1 is 1.00 bits per heavy atom. The van der Waals surface area contributed by atoms with Gasteiger partial charge in [-0.25, -0.2) is 9.97 Å². The van der Waals surface area contributed by atoms with Crippen molar-refractivity contribution in [3.05, 3.63) is 73.7 Å². The minimum atomic E-state index is -0.305. The van der Waals surface area contributed by atoms with Crippen LogP contribution in [0.2, 0.25) is 0 Å². The first-order valence-electron chi connectivity index (χ1n) is 13.7. The quantitative estimate of drug-likeness (QED) is 0.185. The average molecular weight is 570 g/mol. The van der Waals surface area contributed by atoms with Crippen LogP contribution < -0.4 is 25.6 Å². The smallest absolute Gasteiger partial charge is 0.247 e. The number of nitrogens with zero attached hydrogens (tertiary/aromatic N) is 6. The van der Waals surface area contributed by atoms with Crippen LogP contribution in [0.1, 0.15) is 13.8 Å². The summed E-state index contributed by atoms with van der Waals surface area (Å²) >= 11 is 0. The van der Waals surface area contributed by atoms with E-state index in [1.54, 1.807) is 4.68 Å². The van der Waals surface area contributed by atoms with E-state index in [1.165, 1.54) is 12.4 Å². The summed E-state index contributed by atoms with van der Waals surface area (Å²) < 4.78 is 7.98. The molecule has 2 aromatic heterocycles. The summed E-state index contributed by atoms with van der Waals surface area (Å²) in [6.07, 6.45) is 4.57. The maximum absolute atomic E-state index is 12.4. The predicted octanol–water partition coefficient (Wildman–Crippen LogP) is 5.27. The number of aryl methyl sites for hydroxylation is 1. The molecule has 0 bridgehead atoms. The number of para-hydroxylation sites is 1. The van der Waals surface area contributed by atoms with Crippen LogP contribution in [0.3, 0.4) is 0 Å².